The number of ether oxygens (including phenoxy) is 1. The molecule has 60 heavy (non-hydrogen) atoms. The quantitative estimate of drug-likeness (QED) is 0.175. The molecule has 4 heteroatoms. The summed E-state index contributed by atoms with van der Waals surface area (Å²) in [6.07, 6.45) is 7.77. The standard InChI is InChI=1S/C56H43N3O/c1-2-10-38(11-3-1)39-18-22-41(23-19-39)52-57-53(59-54(58-52)55-32-35-28-36(33-55)30-37(29-35)34-55)42-24-20-40(21-25-42)43-26-27-49-51(31-43)60-50-17-9-8-16-48(50)56(49)46-14-6-4-12-44(46)45-13-5-7-15-47(45)56/h1-27,31,35-37H,28-30,32-34H2/t35-,36+,37?,55?. The highest BCUT2D eigenvalue weighted by Gasteiger charge is 2.54. The second kappa shape index (κ2) is 12.9. The van der Waals surface area contributed by atoms with Gasteiger partial charge in [0.1, 0.15) is 17.3 Å². The van der Waals surface area contributed by atoms with Crippen LogP contribution in [0.3, 0.4) is 0 Å². The fraction of sp³-hybridized carbons (Fsp3) is 0.196. The van der Waals surface area contributed by atoms with Gasteiger partial charge in [-0.2, -0.15) is 0 Å². The molecule has 0 atom stereocenters. The minimum atomic E-state index is -0.466. The van der Waals surface area contributed by atoms with Gasteiger partial charge in [-0.3, -0.25) is 0 Å². The molecule has 2 heterocycles. The van der Waals surface area contributed by atoms with Gasteiger partial charge in [0, 0.05) is 27.7 Å². The van der Waals surface area contributed by atoms with E-state index in [1.807, 2.05) is 0 Å². The first-order chi connectivity index (χ1) is 29.6. The molecule has 4 fully saturated rings. The topological polar surface area (TPSA) is 47.9 Å². The first kappa shape index (κ1) is 34.2. The molecule has 0 N–H and O–H groups in total. The van der Waals surface area contributed by atoms with E-state index < -0.39 is 5.41 Å². The lowest BCUT2D eigenvalue weighted by atomic mass is 9.49. The van der Waals surface area contributed by atoms with Crippen LogP contribution in [-0.2, 0) is 10.8 Å². The maximum Gasteiger partial charge on any atom is 0.163 e. The Morgan fingerprint density at radius 1 is 0.383 bits per heavy atom. The Kier molecular flexibility index (Phi) is 7.37. The van der Waals surface area contributed by atoms with Gasteiger partial charge in [0.25, 0.3) is 0 Å². The maximum atomic E-state index is 6.82. The Morgan fingerprint density at radius 3 is 1.43 bits per heavy atom. The Labute approximate surface area is 351 Å². The van der Waals surface area contributed by atoms with Crippen LogP contribution in [0.4, 0.5) is 0 Å². The molecule has 1 spiro atoms. The molecule has 0 saturated heterocycles. The molecule has 1 aliphatic heterocycles. The SMILES string of the molecule is c1ccc(-c2ccc(-c3nc(-c4ccc(-c5ccc6c(c5)Oc5ccccc5C65c6ccccc6-c6ccccc65)cc4)nc(C45CC6C[C@H](C4)C[C@@H](C6)C5)n3)cc2)cc1. The first-order valence-electron chi connectivity index (χ1n) is 21.8. The highest BCUT2D eigenvalue weighted by atomic mass is 16.5. The molecule has 288 valence electrons. The van der Waals surface area contributed by atoms with Gasteiger partial charge < -0.3 is 4.74 Å². The molecule has 4 bridgehead atoms. The fourth-order valence-corrected chi connectivity index (χ4v) is 12.6. The lowest BCUT2D eigenvalue weighted by molar-refractivity contribution is -0.00938. The summed E-state index contributed by atoms with van der Waals surface area (Å²) in [6.45, 7) is 0. The molecule has 5 aliphatic carbocycles. The number of benzene rings is 7. The molecule has 0 unspecified atom stereocenters. The zero-order valence-electron chi connectivity index (χ0n) is 33.4. The number of hydrogen-bond acceptors (Lipinski definition) is 4. The molecular weight excluding hydrogens is 731 g/mol. The summed E-state index contributed by atoms with van der Waals surface area (Å²) in [5, 5.41) is 0. The Bertz CT molecular complexity index is 2910. The first-order valence-corrected chi connectivity index (χ1v) is 21.8. The second-order valence-corrected chi connectivity index (χ2v) is 18.2. The number of para-hydroxylation sites is 1. The predicted molar refractivity (Wildman–Crippen MR) is 239 cm³/mol. The van der Waals surface area contributed by atoms with Crippen LogP contribution < -0.4 is 4.74 Å². The monoisotopic (exact) mass is 773 g/mol. The summed E-state index contributed by atoms with van der Waals surface area (Å²) in [7, 11) is 0. The zero-order valence-corrected chi connectivity index (χ0v) is 33.4. The molecule has 0 amide bonds. The minimum Gasteiger partial charge on any atom is -0.457 e. The van der Waals surface area contributed by atoms with Gasteiger partial charge in [0.15, 0.2) is 11.6 Å². The molecule has 6 aliphatic rings. The van der Waals surface area contributed by atoms with Crippen molar-refractivity contribution in [1.82, 2.24) is 15.0 Å². The van der Waals surface area contributed by atoms with Crippen LogP contribution in [0.5, 0.6) is 11.5 Å². The van der Waals surface area contributed by atoms with Crippen molar-refractivity contribution in [3.8, 4) is 67.7 Å². The van der Waals surface area contributed by atoms with Crippen LogP contribution in [0.1, 0.15) is 66.6 Å². The molecule has 7 aromatic carbocycles. The molecule has 8 aromatic rings. The van der Waals surface area contributed by atoms with Crippen LogP contribution >= 0.6 is 0 Å². The molecular formula is C56H43N3O. The van der Waals surface area contributed by atoms with Crippen molar-refractivity contribution < 1.29 is 4.74 Å². The minimum absolute atomic E-state index is 0.0462. The van der Waals surface area contributed by atoms with E-state index in [0.29, 0.717) is 0 Å². The van der Waals surface area contributed by atoms with Gasteiger partial charge in [0.05, 0.1) is 5.41 Å². The highest BCUT2D eigenvalue weighted by molar-refractivity contribution is 5.89. The predicted octanol–water partition coefficient (Wildman–Crippen LogP) is 13.5. The van der Waals surface area contributed by atoms with E-state index in [4.69, 9.17) is 19.7 Å². The summed E-state index contributed by atoms with van der Waals surface area (Å²) in [5.41, 5.74) is 13.8. The number of aromatic nitrogens is 3. The second-order valence-electron chi connectivity index (χ2n) is 18.2. The Hall–Kier alpha value is -6.65. The van der Waals surface area contributed by atoms with E-state index >= 15 is 0 Å². The van der Waals surface area contributed by atoms with Crippen molar-refractivity contribution in [2.24, 2.45) is 17.8 Å². The van der Waals surface area contributed by atoms with Gasteiger partial charge in [-0.15, -0.1) is 0 Å². The normalized spacial score (nSPS) is 22.1. The molecule has 14 rings (SSSR count). The largest absolute Gasteiger partial charge is 0.457 e. The van der Waals surface area contributed by atoms with Crippen molar-refractivity contribution in [2.75, 3.05) is 0 Å². The van der Waals surface area contributed by atoms with Crippen LogP contribution in [0, 0.1) is 17.8 Å². The summed E-state index contributed by atoms with van der Waals surface area (Å²) in [5.74, 6) is 6.72. The van der Waals surface area contributed by atoms with Crippen LogP contribution in [0.15, 0.2) is 170 Å². The van der Waals surface area contributed by atoms with Gasteiger partial charge in [0.2, 0.25) is 0 Å². The van der Waals surface area contributed by atoms with Gasteiger partial charge >= 0.3 is 0 Å². The third kappa shape index (κ3) is 5.06. The van der Waals surface area contributed by atoms with Crippen LogP contribution in [0.2, 0.25) is 0 Å². The Morgan fingerprint density at radius 2 is 0.833 bits per heavy atom. The van der Waals surface area contributed by atoms with Crippen molar-refractivity contribution >= 4 is 0 Å². The van der Waals surface area contributed by atoms with Crippen molar-refractivity contribution in [3.63, 3.8) is 0 Å². The van der Waals surface area contributed by atoms with E-state index in [1.165, 1.54) is 83.0 Å². The van der Waals surface area contributed by atoms with Gasteiger partial charge in [-0.1, -0.05) is 158 Å². The number of hydrogen-bond donors (Lipinski definition) is 0. The lowest BCUT2D eigenvalue weighted by Crippen LogP contribution is -2.49. The zero-order chi connectivity index (χ0) is 39.4. The lowest BCUT2D eigenvalue weighted by Gasteiger charge is -2.56. The number of nitrogens with zero attached hydrogens (tertiary/aromatic N) is 3. The summed E-state index contributed by atoms with van der Waals surface area (Å²) >= 11 is 0. The maximum absolute atomic E-state index is 6.82. The van der Waals surface area contributed by atoms with E-state index in [0.717, 1.165) is 69.0 Å². The van der Waals surface area contributed by atoms with E-state index in [1.54, 1.807) is 0 Å². The van der Waals surface area contributed by atoms with Crippen molar-refractivity contribution in [2.45, 2.75) is 49.4 Å². The summed E-state index contributed by atoms with van der Waals surface area (Å²) in [6, 6.07) is 61.3. The molecule has 4 nitrogen and oxygen atoms in total. The van der Waals surface area contributed by atoms with Crippen LogP contribution in [0.25, 0.3) is 56.2 Å². The molecule has 4 saturated carbocycles. The number of rotatable bonds is 5. The van der Waals surface area contributed by atoms with Crippen LogP contribution in [-0.4, -0.2) is 15.0 Å². The molecule has 1 aromatic heterocycles. The third-order valence-electron chi connectivity index (χ3n) is 14.7. The van der Waals surface area contributed by atoms with E-state index in [-0.39, 0.29) is 5.41 Å². The van der Waals surface area contributed by atoms with Gasteiger partial charge in [-0.25, -0.2) is 15.0 Å². The fourth-order valence-electron chi connectivity index (χ4n) is 12.6. The van der Waals surface area contributed by atoms with Crippen molar-refractivity contribution in [1.29, 1.82) is 0 Å². The van der Waals surface area contributed by atoms with E-state index in [2.05, 4.69) is 170 Å². The van der Waals surface area contributed by atoms with Gasteiger partial charge in [-0.05, 0) is 113 Å². The average molecular weight is 774 g/mol. The molecule has 0 radical (unpaired) electrons. The smallest absolute Gasteiger partial charge is 0.163 e. The third-order valence-corrected chi connectivity index (χ3v) is 14.7. The summed E-state index contributed by atoms with van der Waals surface area (Å²) < 4.78 is 6.82. The summed E-state index contributed by atoms with van der Waals surface area (Å²) in [4.78, 5) is 16.0. The number of fused-ring (bicyclic) bond motifs is 9. The van der Waals surface area contributed by atoms with Crippen molar-refractivity contribution in [3.05, 3.63) is 198 Å². The highest BCUT2D eigenvalue weighted by Crippen LogP contribution is 2.63. The Balaban J connectivity index is 0.894. The van der Waals surface area contributed by atoms with E-state index in [9.17, 15) is 0 Å². The average Bonchev–Trinajstić information content (AvgIpc) is 3.59.